The summed E-state index contributed by atoms with van der Waals surface area (Å²) >= 11 is 0. The van der Waals surface area contributed by atoms with Gasteiger partial charge in [0, 0.05) is 37.4 Å². The van der Waals surface area contributed by atoms with Gasteiger partial charge in [-0.3, -0.25) is 10.3 Å². The summed E-state index contributed by atoms with van der Waals surface area (Å²) in [5.41, 5.74) is 6.40. The minimum Gasteiger partial charge on any atom is -0.444 e. The van der Waals surface area contributed by atoms with Gasteiger partial charge in [0.05, 0.1) is 23.0 Å². The van der Waals surface area contributed by atoms with Crippen molar-refractivity contribution in [3.05, 3.63) is 24.0 Å². The van der Waals surface area contributed by atoms with Crippen LogP contribution in [0.15, 0.2) is 18.5 Å². The highest BCUT2D eigenvalue weighted by Gasteiger charge is 2.37. The molecule has 0 aromatic carbocycles. The van der Waals surface area contributed by atoms with Crippen molar-refractivity contribution in [2.24, 2.45) is 0 Å². The SMILES string of the molecule is CCn1ncc2c(NC3CCN(C(=O)OC(C)(C)C)CC3)c(C3=CC4(CCCCC4)ON3)cnc21. The summed E-state index contributed by atoms with van der Waals surface area (Å²) in [4.78, 5) is 25.2. The number of ether oxygens (including phenoxy) is 1. The molecule has 0 radical (unpaired) electrons. The number of nitrogens with zero attached hydrogens (tertiary/aromatic N) is 4. The summed E-state index contributed by atoms with van der Waals surface area (Å²) in [5.74, 6) is 0. The fourth-order valence-electron chi connectivity index (χ4n) is 5.36. The molecule has 2 fully saturated rings. The van der Waals surface area contributed by atoms with E-state index in [0.29, 0.717) is 13.1 Å². The topological polar surface area (TPSA) is 93.5 Å². The summed E-state index contributed by atoms with van der Waals surface area (Å²) in [5, 5.41) is 9.36. The van der Waals surface area contributed by atoms with Crippen LogP contribution in [-0.4, -0.2) is 56.1 Å². The Morgan fingerprint density at radius 1 is 1.23 bits per heavy atom. The number of piperidine rings is 1. The van der Waals surface area contributed by atoms with Gasteiger partial charge in [-0.25, -0.2) is 14.5 Å². The molecule has 1 saturated heterocycles. The molecule has 35 heavy (non-hydrogen) atoms. The largest absolute Gasteiger partial charge is 0.444 e. The van der Waals surface area contributed by atoms with E-state index in [1.54, 1.807) is 0 Å². The fraction of sp³-hybridized carbons (Fsp3) is 0.654. The zero-order valence-electron chi connectivity index (χ0n) is 21.4. The maximum atomic E-state index is 12.5. The molecule has 1 amide bonds. The van der Waals surface area contributed by atoms with E-state index in [1.807, 2.05) is 42.7 Å². The lowest BCUT2D eigenvalue weighted by atomic mass is 9.84. The third-order valence-electron chi connectivity index (χ3n) is 7.22. The molecule has 0 unspecified atom stereocenters. The Hall–Kier alpha value is -2.81. The first-order valence-corrected chi connectivity index (χ1v) is 13.0. The van der Waals surface area contributed by atoms with Gasteiger partial charge < -0.3 is 15.0 Å². The molecule has 3 aliphatic rings. The normalized spacial score (nSPS) is 20.7. The molecular formula is C26H38N6O3. The van der Waals surface area contributed by atoms with Gasteiger partial charge in [0.25, 0.3) is 0 Å². The smallest absolute Gasteiger partial charge is 0.410 e. The van der Waals surface area contributed by atoms with Gasteiger partial charge >= 0.3 is 6.09 Å². The standard InChI is InChI=1S/C26H38N6O3/c1-5-32-23-20(17-28-32)22(29-18-9-13-31(14-10-18)24(33)34-25(2,3)4)19(16-27-23)21-15-26(35-30-21)11-7-6-8-12-26/h15-18,30H,5-14H2,1-4H3,(H,27,29). The third kappa shape index (κ3) is 4.96. The zero-order chi connectivity index (χ0) is 24.6. The highest BCUT2D eigenvalue weighted by Crippen LogP contribution is 2.40. The van der Waals surface area contributed by atoms with Gasteiger partial charge in [-0.15, -0.1) is 0 Å². The van der Waals surface area contributed by atoms with Gasteiger partial charge in [0.15, 0.2) is 5.65 Å². The first-order valence-electron chi connectivity index (χ1n) is 13.0. The van der Waals surface area contributed by atoms with E-state index in [2.05, 4.69) is 28.9 Å². The lowest BCUT2D eigenvalue weighted by molar-refractivity contribution is -0.0557. The molecule has 1 spiro atoms. The molecule has 2 aliphatic heterocycles. The monoisotopic (exact) mass is 482 g/mol. The number of likely N-dealkylation sites (tertiary alicyclic amines) is 1. The minimum atomic E-state index is -0.483. The van der Waals surface area contributed by atoms with Crippen LogP contribution in [0, 0.1) is 0 Å². The van der Waals surface area contributed by atoms with Gasteiger partial charge in [0.2, 0.25) is 0 Å². The van der Waals surface area contributed by atoms with Crippen LogP contribution in [-0.2, 0) is 16.1 Å². The van der Waals surface area contributed by atoms with E-state index in [0.717, 1.165) is 60.2 Å². The molecule has 190 valence electrons. The molecule has 4 heterocycles. The quantitative estimate of drug-likeness (QED) is 0.644. The molecule has 0 bridgehead atoms. The fourth-order valence-corrected chi connectivity index (χ4v) is 5.36. The average molecular weight is 483 g/mol. The molecule has 9 heteroatoms. The number of hydroxylamine groups is 1. The summed E-state index contributed by atoms with van der Waals surface area (Å²) in [7, 11) is 0. The number of hydrogen-bond acceptors (Lipinski definition) is 7. The van der Waals surface area contributed by atoms with Crippen LogP contribution >= 0.6 is 0 Å². The molecule has 2 N–H and O–H groups in total. The minimum absolute atomic E-state index is 0.216. The van der Waals surface area contributed by atoms with E-state index in [1.165, 1.54) is 19.3 Å². The number of aromatic nitrogens is 3. The molecule has 5 rings (SSSR count). The highest BCUT2D eigenvalue weighted by molar-refractivity contribution is 5.95. The van der Waals surface area contributed by atoms with E-state index in [-0.39, 0.29) is 17.7 Å². The zero-order valence-corrected chi connectivity index (χ0v) is 21.4. The van der Waals surface area contributed by atoms with Crippen LogP contribution in [0.2, 0.25) is 0 Å². The van der Waals surface area contributed by atoms with Crippen LogP contribution < -0.4 is 10.8 Å². The average Bonchev–Trinajstić information content (AvgIpc) is 3.43. The van der Waals surface area contributed by atoms with Crippen LogP contribution in [0.5, 0.6) is 0 Å². The Balaban J connectivity index is 1.39. The first kappa shape index (κ1) is 23.9. The third-order valence-corrected chi connectivity index (χ3v) is 7.22. The second-order valence-electron chi connectivity index (χ2n) is 11.0. The van der Waals surface area contributed by atoms with Crippen LogP contribution in [0.3, 0.4) is 0 Å². The summed E-state index contributed by atoms with van der Waals surface area (Å²) in [6.45, 7) is 9.87. The highest BCUT2D eigenvalue weighted by atomic mass is 16.7. The number of nitrogens with one attached hydrogen (secondary N) is 2. The number of pyridine rings is 1. The number of carbonyl (C=O) groups excluding carboxylic acids is 1. The molecule has 9 nitrogen and oxygen atoms in total. The van der Waals surface area contributed by atoms with E-state index in [9.17, 15) is 4.79 Å². The van der Waals surface area contributed by atoms with Crippen LogP contribution in [0.25, 0.3) is 16.7 Å². The van der Waals surface area contributed by atoms with Crippen molar-refractivity contribution < 1.29 is 14.4 Å². The summed E-state index contributed by atoms with van der Waals surface area (Å²) in [6, 6.07) is 0.231. The Bertz CT molecular complexity index is 1100. The Morgan fingerprint density at radius 2 is 1.97 bits per heavy atom. The van der Waals surface area contributed by atoms with E-state index >= 15 is 0 Å². The summed E-state index contributed by atoms with van der Waals surface area (Å²) in [6.07, 6.45) is 13.3. The Morgan fingerprint density at radius 3 is 2.66 bits per heavy atom. The second-order valence-corrected chi connectivity index (χ2v) is 11.0. The molecule has 2 aromatic rings. The van der Waals surface area contributed by atoms with E-state index < -0.39 is 5.60 Å². The second kappa shape index (κ2) is 9.33. The maximum absolute atomic E-state index is 12.5. The summed E-state index contributed by atoms with van der Waals surface area (Å²) < 4.78 is 7.48. The van der Waals surface area contributed by atoms with Crippen molar-refractivity contribution in [2.75, 3.05) is 18.4 Å². The number of aryl methyl sites for hydroxylation is 1. The number of carbonyl (C=O) groups is 1. The van der Waals surface area contributed by atoms with Crippen LogP contribution in [0.1, 0.15) is 78.2 Å². The number of hydrogen-bond donors (Lipinski definition) is 2. The van der Waals surface area contributed by atoms with Gasteiger partial charge in [0.1, 0.15) is 11.2 Å². The first-order chi connectivity index (χ1) is 16.8. The van der Waals surface area contributed by atoms with Crippen molar-refractivity contribution >= 4 is 28.5 Å². The van der Waals surface area contributed by atoms with Crippen molar-refractivity contribution in [1.29, 1.82) is 0 Å². The molecule has 2 aromatic heterocycles. The van der Waals surface area contributed by atoms with Gasteiger partial charge in [-0.05, 0) is 59.5 Å². The Labute approximate surface area is 207 Å². The molecule has 1 saturated carbocycles. The van der Waals surface area contributed by atoms with E-state index in [4.69, 9.17) is 14.6 Å². The predicted octanol–water partition coefficient (Wildman–Crippen LogP) is 4.84. The van der Waals surface area contributed by atoms with Crippen molar-refractivity contribution in [3.8, 4) is 0 Å². The molecule has 1 aliphatic carbocycles. The molecule has 0 atom stereocenters. The number of fused-ring (bicyclic) bond motifs is 1. The number of rotatable bonds is 4. The number of anilines is 1. The Kier molecular flexibility index (Phi) is 6.38. The lowest BCUT2D eigenvalue weighted by Gasteiger charge is -2.34. The van der Waals surface area contributed by atoms with Crippen molar-refractivity contribution in [2.45, 2.75) is 96.4 Å². The van der Waals surface area contributed by atoms with Gasteiger partial charge in [-0.2, -0.15) is 5.10 Å². The van der Waals surface area contributed by atoms with Crippen molar-refractivity contribution in [1.82, 2.24) is 25.1 Å². The lowest BCUT2D eigenvalue weighted by Crippen LogP contribution is -2.44. The van der Waals surface area contributed by atoms with Crippen LogP contribution in [0.4, 0.5) is 10.5 Å². The van der Waals surface area contributed by atoms with Gasteiger partial charge in [-0.1, -0.05) is 19.3 Å². The predicted molar refractivity (Wildman–Crippen MR) is 136 cm³/mol. The van der Waals surface area contributed by atoms with Crippen molar-refractivity contribution in [3.63, 3.8) is 0 Å². The maximum Gasteiger partial charge on any atom is 0.410 e. The molecular weight excluding hydrogens is 444 g/mol. The number of amides is 1.